The van der Waals surface area contributed by atoms with Crippen molar-refractivity contribution in [1.82, 2.24) is 8.96 Å². The van der Waals surface area contributed by atoms with Crippen LogP contribution in [0.25, 0.3) is 0 Å². The summed E-state index contributed by atoms with van der Waals surface area (Å²) in [5.41, 5.74) is -0.621. The number of para-hydroxylation sites is 1. The molecule has 11 heteroatoms. The summed E-state index contributed by atoms with van der Waals surface area (Å²) in [7, 11) is -4.32. The molecule has 0 aliphatic heterocycles. The molecule has 1 heterocycles. The van der Waals surface area contributed by atoms with Gasteiger partial charge in [-0.05, 0) is 16.0 Å². The van der Waals surface area contributed by atoms with Crippen LogP contribution in [-0.2, 0) is 10.0 Å². The first-order valence-electron chi connectivity index (χ1n) is 5.01. The number of benzene rings is 1. The van der Waals surface area contributed by atoms with Crippen LogP contribution in [0.2, 0.25) is 0 Å². The van der Waals surface area contributed by atoms with Gasteiger partial charge in [-0.3, -0.25) is 10.1 Å². The van der Waals surface area contributed by atoms with Gasteiger partial charge in [0.2, 0.25) is 6.33 Å². The van der Waals surface area contributed by atoms with E-state index in [2.05, 4.69) is 4.98 Å². The average molecular weight is 298 g/mol. The number of aromatic nitrogens is 2. The molecule has 0 atom stereocenters. The Balaban J connectivity index is 2.61. The van der Waals surface area contributed by atoms with Gasteiger partial charge in [-0.1, -0.05) is 12.1 Å². The second-order valence-corrected chi connectivity index (χ2v) is 5.36. The number of rotatable bonds is 4. The number of nitrogens with zero attached hydrogens (tertiary/aromatic N) is 4. The van der Waals surface area contributed by atoms with Crippen molar-refractivity contribution in [2.24, 2.45) is 0 Å². The number of hydrogen-bond donors (Lipinski definition) is 0. The van der Waals surface area contributed by atoms with Gasteiger partial charge in [0, 0.05) is 6.07 Å². The Hall–Kier alpha value is -2.82. The third-order valence-electron chi connectivity index (χ3n) is 2.35. The summed E-state index contributed by atoms with van der Waals surface area (Å²) in [5.74, 6) is -0.674. The van der Waals surface area contributed by atoms with E-state index in [0.717, 1.165) is 12.1 Å². The highest BCUT2D eigenvalue weighted by Gasteiger charge is 2.28. The van der Waals surface area contributed by atoms with Crippen LogP contribution < -0.4 is 0 Å². The van der Waals surface area contributed by atoms with Gasteiger partial charge in [-0.15, -0.1) is 0 Å². The molecule has 0 fully saturated rings. The molecular weight excluding hydrogens is 292 g/mol. The maximum atomic E-state index is 12.2. The second-order valence-electron chi connectivity index (χ2n) is 3.55. The fraction of sp³-hybridized carbons (Fsp3) is 0. The van der Waals surface area contributed by atoms with Crippen LogP contribution >= 0.6 is 0 Å². The monoisotopic (exact) mass is 298 g/mol. The van der Waals surface area contributed by atoms with E-state index in [0.29, 0.717) is 16.5 Å². The Morgan fingerprint density at radius 3 is 2.30 bits per heavy atom. The predicted molar refractivity (Wildman–Crippen MR) is 64.6 cm³/mol. The Kier molecular flexibility index (Phi) is 3.19. The normalized spacial score (nSPS) is 11.2. The minimum Gasteiger partial charge on any atom is -0.358 e. The van der Waals surface area contributed by atoms with Crippen LogP contribution in [0.3, 0.4) is 0 Å². The quantitative estimate of drug-likeness (QED) is 0.604. The highest BCUT2D eigenvalue weighted by molar-refractivity contribution is 7.90. The number of nitro benzene ring substituents is 1. The van der Waals surface area contributed by atoms with E-state index < -0.39 is 36.3 Å². The lowest BCUT2D eigenvalue weighted by Gasteiger charge is -2.03. The topological polar surface area (TPSA) is 138 Å². The molecule has 2 aromatic rings. The van der Waals surface area contributed by atoms with E-state index in [1.54, 1.807) is 0 Å². The largest absolute Gasteiger partial charge is 0.382 e. The first-order valence-corrected chi connectivity index (χ1v) is 6.45. The molecule has 1 aromatic carbocycles. The molecule has 0 aliphatic carbocycles. The zero-order valence-corrected chi connectivity index (χ0v) is 10.4. The Labute approximate surface area is 111 Å². The van der Waals surface area contributed by atoms with Gasteiger partial charge in [0.05, 0.1) is 4.92 Å². The maximum Gasteiger partial charge on any atom is 0.382 e. The van der Waals surface area contributed by atoms with Gasteiger partial charge in [-0.25, -0.2) is 12.4 Å². The summed E-state index contributed by atoms with van der Waals surface area (Å²) in [5, 5.41) is 21.3. The van der Waals surface area contributed by atoms with Crippen molar-refractivity contribution in [3.05, 3.63) is 57.0 Å². The van der Waals surface area contributed by atoms with E-state index >= 15 is 0 Å². The molecule has 0 radical (unpaired) electrons. The molecule has 104 valence electrons. The summed E-state index contributed by atoms with van der Waals surface area (Å²) in [6.45, 7) is 0. The highest BCUT2D eigenvalue weighted by atomic mass is 32.2. The van der Waals surface area contributed by atoms with Crippen LogP contribution in [0, 0.1) is 20.2 Å². The SMILES string of the molecule is O=[N+]([O-])c1cn(S(=O)(=O)c2ccccc2[N+](=O)[O-])cn1. The molecule has 2 rings (SSSR count). The average Bonchev–Trinajstić information content (AvgIpc) is 2.89. The molecule has 0 aliphatic rings. The van der Waals surface area contributed by atoms with Crippen LogP contribution in [0.15, 0.2) is 41.7 Å². The lowest BCUT2D eigenvalue weighted by molar-refractivity contribution is -0.389. The number of hydrogen-bond acceptors (Lipinski definition) is 7. The van der Waals surface area contributed by atoms with E-state index in [4.69, 9.17) is 0 Å². The lowest BCUT2D eigenvalue weighted by Crippen LogP contribution is -2.13. The van der Waals surface area contributed by atoms with Crippen molar-refractivity contribution in [1.29, 1.82) is 0 Å². The maximum absolute atomic E-state index is 12.2. The minimum atomic E-state index is -4.32. The third-order valence-corrected chi connectivity index (χ3v) is 4.01. The van der Waals surface area contributed by atoms with Gasteiger partial charge in [-0.2, -0.15) is 0 Å². The van der Waals surface area contributed by atoms with Crippen molar-refractivity contribution >= 4 is 21.5 Å². The molecule has 20 heavy (non-hydrogen) atoms. The number of nitro groups is 2. The molecule has 10 nitrogen and oxygen atoms in total. The molecule has 0 spiro atoms. The van der Waals surface area contributed by atoms with Crippen molar-refractivity contribution in [3.8, 4) is 0 Å². The van der Waals surface area contributed by atoms with Gasteiger partial charge in [0.1, 0.15) is 6.20 Å². The Bertz CT molecular complexity index is 796. The van der Waals surface area contributed by atoms with Crippen LogP contribution in [0.4, 0.5) is 11.5 Å². The van der Waals surface area contributed by atoms with Crippen LogP contribution in [-0.4, -0.2) is 27.2 Å². The fourth-order valence-corrected chi connectivity index (χ4v) is 2.75. The molecule has 0 saturated heterocycles. The van der Waals surface area contributed by atoms with Crippen LogP contribution in [0.1, 0.15) is 0 Å². The zero-order valence-electron chi connectivity index (χ0n) is 9.61. The Morgan fingerprint density at radius 1 is 1.10 bits per heavy atom. The van der Waals surface area contributed by atoms with Crippen LogP contribution in [0.5, 0.6) is 0 Å². The first kappa shape index (κ1) is 13.6. The van der Waals surface area contributed by atoms with Gasteiger partial charge >= 0.3 is 5.82 Å². The van der Waals surface area contributed by atoms with E-state index in [9.17, 15) is 28.6 Å². The minimum absolute atomic E-state index is 0.466. The summed E-state index contributed by atoms with van der Waals surface area (Å²) >= 11 is 0. The smallest absolute Gasteiger partial charge is 0.358 e. The zero-order chi connectivity index (χ0) is 14.9. The van der Waals surface area contributed by atoms with Crippen molar-refractivity contribution in [3.63, 3.8) is 0 Å². The highest BCUT2D eigenvalue weighted by Crippen LogP contribution is 2.25. The number of imidazole rings is 1. The first-order chi connectivity index (χ1) is 9.34. The molecule has 0 amide bonds. The van der Waals surface area contributed by atoms with Crippen molar-refractivity contribution < 1.29 is 18.3 Å². The standard InChI is InChI=1S/C9H6N4O6S/c14-12(15)7-3-1-2-4-8(7)20(18,19)11-5-9(10-6-11)13(16)17/h1-6H. The van der Waals surface area contributed by atoms with E-state index in [-0.39, 0.29) is 0 Å². The van der Waals surface area contributed by atoms with E-state index in [1.807, 2.05) is 0 Å². The molecule has 0 N–H and O–H groups in total. The van der Waals surface area contributed by atoms with Crippen molar-refractivity contribution in [2.45, 2.75) is 4.90 Å². The molecule has 0 bridgehead atoms. The molecule has 0 unspecified atom stereocenters. The van der Waals surface area contributed by atoms with Crippen molar-refractivity contribution in [2.75, 3.05) is 0 Å². The summed E-state index contributed by atoms with van der Waals surface area (Å²) in [6.07, 6.45) is 1.39. The second kappa shape index (κ2) is 4.70. The molecule has 1 aromatic heterocycles. The summed E-state index contributed by atoms with van der Waals surface area (Å²) in [4.78, 5) is 22.3. The predicted octanol–water partition coefficient (Wildman–Crippen LogP) is 0.936. The lowest BCUT2D eigenvalue weighted by atomic mass is 10.3. The molecular formula is C9H6N4O6S. The third kappa shape index (κ3) is 2.21. The Morgan fingerprint density at radius 2 is 1.75 bits per heavy atom. The van der Waals surface area contributed by atoms with Gasteiger partial charge in [0.25, 0.3) is 15.7 Å². The van der Waals surface area contributed by atoms with Gasteiger partial charge < -0.3 is 10.1 Å². The summed E-state index contributed by atoms with van der Waals surface area (Å²) in [6, 6.07) is 4.69. The van der Waals surface area contributed by atoms with Gasteiger partial charge in [0.15, 0.2) is 4.90 Å². The van der Waals surface area contributed by atoms with E-state index in [1.165, 1.54) is 12.1 Å². The molecule has 0 saturated carbocycles. The summed E-state index contributed by atoms with van der Waals surface area (Å²) < 4.78 is 24.8. The fourth-order valence-electron chi connectivity index (χ4n) is 1.46.